The topological polar surface area (TPSA) is 45.5 Å². The maximum atomic E-state index is 12.3. The van der Waals surface area contributed by atoms with E-state index in [2.05, 4.69) is 5.32 Å². The number of amides is 1. The molecule has 0 saturated heterocycles. The lowest BCUT2D eigenvalue weighted by molar-refractivity contribution is -0.120. The molecular weight excluding hydrogens is 323 g/mol. The Hall–Kier alpha value is -1.49. The van der Waals surface area contributed by atoms with E-state index in [1.165, 1.54) is 0 Å². The van der Waals surface area contributed by atoms with Gasteiger partial charge in [-0.15, -0.1) is 0 Å². The predicted octanol–water partition coefficient (Wildman–Crippen LogP) is 4.35. The monoisotopic (exact) mass is 340 g/mol. The van der Waals surface area contributed by atoms with Gasteiger partial charge in [0.25, 0.3) is 0 Å². The van der Waals surface area contributed by atoms with Crippen LogP contribution in [0.25, 0.3) is 0 Å². The molecule has 4 nitrogen and oxygen atoms in total. The molecule has 0 aliphatic heterocycles. The number of anilines is 1. The molecule has 1 aromatic carbocycles. The van der Waals surface area contributed by atoms with Gasteiger partial charge in [-0.05, 0) is 45.2 Å². The smallest absolute Gasteiger partial charge is 0.241 e. The second-order valence-electron chi connectivity index (χ2n) is 5.19. The molecule has 0 aliphatic carbocycles. The van der Waals surface area contributed by atoms with Gasteiger partial charge >= 0.3 is 0 Å². The summed E-state index contributed by atoms with van der Waals surface area (Å²) in [4.78, 5) is 14.2. The van der Waals surface area contributed by atoms with Crippen LogP contribution >= 0.6 is 23.2 Å². The van der Waals surface area contributed by atoms with Gasteiger partial charge in [-0.2, -0.15) is 0 Å². The zero-order chi connectivity index (χ0) is 16.3. The van der Waals surface area contributed by atoms with Crippen LogP contribution in [0.15, 0.2) is 34.7 Å². The van der Waals surface area contributed by atoms with Crippen molar-refractivity contribution in [2.45, 2.75) is 26.4 Å². The molecule has 0 spiro atoms. The maximum Gasteiger partial charge on any atom is 0.241 e. The highest BCUT2D eigenvalue weighted by atomic mass is 35.5. The van der Waals surface area contributed by atoms with E-state index in [0.717, 1.165) is 11.5 Å². The van der Waals surface area contributed by atoms with Crippen molar-refractivity contribution in [2.75, 3.05) is 12.4 Å². The number of rotatable bonds is 5. The lowest BCUT2D eigenvalue weighted by atomic mass is 10.2. The van der Waals surface area contributed by atoms with Gasteiger partial charge in [0.15, 0.2) is 0 Å². The quantitative estimate of drug-likeness (QED) is 0.879. The van der Waals surface area contributed by atoms with Crippen LogP contribution in [0, 0.1) is 6.92 Å². The molecule has 22 heavy (non-hydrogen) atoms. The van der Waals surface area contributed by atoms with Crippen LogP contribution in [0.1, 0.15) is 18.4 Å². The van der Waals surface area contributed by atoms with E-state index in [9.17, 15) is 4.79 Å². The summed E-state index contributed by atoms with van der Waals surface area (Å²) < 4.78 is 5.53. The first-order valence-corrected chi connectivity index (χ1v) is 7.64. The second-order valence-corrected chi connectivity index (χ2v) is 5.98. The second kappa shape index (κ2) is 7.18. The molecule has 0 saturated carbocycles. The highest BCUT2D eigenvalue weighted by Gasteiger charge is 2.20. The van der Waals surface area contributed by atoms with Gasteiger partial charge in [0.1, 0.15) is 11.5 Å². The molecule has 0 bridgehead atoms. The van der Waals surface area contributed by atoms with E-state index in [-0.39, 0.29) is 11.9 Å². The molecule has 0 aliphatic rings. The van der Waals surface area contributed by atoms with E-state index < -0.39 is 0 Å². The number of nitrogens with zero attached hydrogens (tertiary/aromatic N) is 1. The van der Waals surface area contributed by atoms with Crippen molar-refractivity contribution >= 4 is 34.8 Å². The summed E-state index contributed by atoms with van der Waals surface area (Å²) in [7, 11) is 1.86. The Morgan fingerprint density at radius 1 is 1.32 bits per heavy atom. The number of benzene rings is 1. The SMILES string of the molecule is Cc1ccc(CN(C)[C@@H](C)C(=O)Nc2cccc(Cl)c2Cl)o1. The molecule has 2 rings (SSSR count). The Bertz CT molecular complexity index is 670. The fourth-order valence-corrected chi connectivity index (χ4v) is 2.34. The number of nitrogens with one attached hydrogen (secondary N) is 1. The normalized spacial score (nSPS) is 12.5. The molecule has 1 atom stereocenters. The van der Waals surface area contributed by atoms with E-state index in [0.29, 0.717) is 22.3 Å². The van der Waals surface area contributed by atoms with Crippen molar-refractivity contribution in [3.8, 4) is 0 Å². The summed E-state index contributed by atoms with van der Waals surface area (Å²) in [5.74, 6) is 1.52. The number of furan rings is 1. The minimum Gasteiger partial charge on any atom is -0.465 e. The molecule has 1 heterocycles. The van der Waals surface area contributed by atoms with Crippen molar-refractivity contribution in [3.63, 3.8) is 0 Å². The first kappa shape index (κ1) is 16.9. The van der Waals surface area contributed by atoms with Gasteiger partial charge < -0.3 is 9.73 Å². The van der Waals surface area contributed by atoms with Crippen LogP contribution in [0.2, 0.25) is 10.0 Å². The molecule has 0 radical (unpaired) electrons. The number of carbonyl (C=O) groups excluding carboxylic acids is 1. The molecule has 118 valence electrons. The summed E-state index contributed by atoms with van der Waals surface area (Å²) in [5.41, 5.74) is 0.508. The van der Waals surface area contributed by atoms with E-state index in [1.807, 2.05) is 37.9 Å². The van der Waals surface area contributed by atoms with Crippen LogP contribution in [0.3, 0.4) is 0 Å². The summed E-state index contributed by atoms with van der Waals surface area (Å²) in [6.07, 6.45) is 0. The van der Waals surface area contributed by atoms with Crippen molar-refractivity contribution in [1.29, 1.82) is 0 Å². The summed E-state index contributed by atoms with van der Waals surface area (Å²) in [5, 5.41) is 3.55. The van der Waals surface area contributed by atoms with Crippen molar-refractivity contribution in [3.05, 3.63) is 51.9 Å². The predicted molar refractivity (Wildman–Crippen MR) is 89.5 cm³/mol. The number of carbonyl (C=O) groups is 1. The number of likely N-dealkylation sites (N-methyl/N-ethyl adjacent to an activating group) is 1. The van der Waals surface area contributed by atoms with Gasteiger partial charge in [0.2, 0.25) is 5.91 Å². The Kier molecular flexibility index (Phi) is 5.51. The first-order valence-electron chi connectivity index (χ1n) is 6.89. The third-order valence-electron chi connectivity index (χ3n) is 3.45. The molecule has 1 N–H and O–H groups in total. The van der Waals surface area contributed by atoms with Gasteiger partial charge in [0.05, 0.1) is 28.3 Å². The number of hydrogen-bond donors (Lipinski definition) is 1. The zero-order valence-electron chi connectivity index (χ0n) is 12.7. The average molecular weight is 341 g/mol. The Balaban J connectivity index is 2.00. The van der Waals surface area contributed by atoms with Crippen LogP contribution in [0.5, 0.6) is 0 Å². The van der Waals surface area contributed by atoms with E-state index >= 15 is 0 Å². The molecule has 6 heteroatoms. The standard InChI is InChI=1S/C16H18Cl2N2O2/c1-10-7-8-12(22-10)9-20(3)11(2)16(21)19-14-6-4-5-13(17)15(14)18/h4-8,11H,9H2,1-3H3,(H,19,21)/t11-/m0/s1. The van der Waals surface area contributed by atoms with Crippen LogP contribution in [-0.2, 0) is 11.3 Å². The Labute approximate surface area is 140 Å². The van der Waals surface area contributed by atoms with Gasteiger partial charge in [0, 0.05) is 0 Å². The highest BCUT2D eigenvalue weighted by molar-refractivity contribution is 6.44. The van der Waals surface area contributed by atoms with Crippen molar-refractivity contribution in [1.82, 2.24) is 4.90 Å². The average Bonchev–Trinajstić information content (AvgIpc) is 2.88. The van der Waals surface area contributed by atoms with Gasteiger partial charge in [-0.1, -0.05) is 29.3 Å². The van der Waals surface area contributed by atoms with Crippen LogP contribution in [0.4, 0.5) is 5.69 Å². The molecule has 0 unspecified atom stereocenters. The fraction of sp³-hybridized carbons (Fsp3) is 0.312. The van der Waals surface area contributed by atoms with E-state index in [1.54, 1.807) is 18.2 Å². The lowest BCUT2D eigenvalue weighted by Gasteiger charge is -2.23. The molecular formula is C16H18Cl2N2O2. The largest absolute Gasteiger partial charge is 0.465 e. The third-order valence-corrected chi connectivity index (χ3v) is 4.27. The van der Waals surface area contributed by atoms with E-state index in [4.69, 9.17) is 27.6 Å². The molecule has 2 aromatic rings. The minimum atomic E-state index is -0.347. The minimum absolute atomic E-state index is 0.157. The fourth-order valence-electron chi connectivity index (χ4n) is 1.99. The Morgan fingerprint density at radius 2 is 2.05 bits per heavy atom. The van der Waals surface area contributed by atoms with Crippen molar-refractivity contribution < 1.29 is 9.21 Å². The maximum absolute atomic E-state index is 12.3. The molecule has 1 amide bonds. The van der Waals surface area contributed by atoms with Gasteiger partial charge in [-0.3, -0.25) is 9.69 Å². The lowest BCUT2D eigenvalue weighted by Crippen LogP contribution is -2.39. The summed E-state index contributed by atoms with van der Waals surface area (Å²) in [6, 6.07) is 8.59. The molecule has 0 fully saturated rings. The number of aryl methyl sites for hydroxylation is 1. The summed E-state index contributed by atoms with van der Waals surface area (Å²) in [6.45, 7) is 4.26. The third kappa shape index (κ3) is 4.03. The zero-order valence-corrected chi connectivity index (χ0v) is 14.2. The molecule has 1 aromatic heterocycles. The first-order chi connectivity index (χ1) is 10.4. The Morgan fingerprint density at radius 3 is 2.68 bits per heavy atom. The van der Waals surface area contributed by atoms with Gasteiger partial charge in [-0.25, -0.2) is 0 Å². The highest BCUT2D eigenvalue weighted by Crippen LogP contribution is 2.29. The van der Waals surface area contributed by atoms with Crippen molar-refractivity contribution in [2.24, 2.45) is 0 Å². The summed E-state index contributed by atoms with van der Waals surface area (Å²) >= 11 is 12.0. The number of halogens is 2. The van der Waals surface area contributed by atoms with Crippen LogP contribution < -0.4 is 5.32 Å². The number of hydrogen-bond acceptors (Lipinski definition) is 3. The van der Waals surface area contributed by atoms with Crippen LogP contribution in [-0.4, -0.2) is 23.9 Å².